The Balaban J connectivity index is 2.64. The highest BCUT2D eigenvalue weighted by molar-refractivity contribution is 14.1. The van der Waals surface area contributed by atoms with E-state index in [1.165, 1.54) is 3.58 Å². The lowest BCUT2D eigenvalue weighted by molar-refractivity contribution is 0.00578. The predicted molar refractivity (Wildman–Crippen MR) is 73.0 cm³/mol. The Morgan fingerprint density at radius 3 is 2.00 bits per heavy atom. The minimum absolute atomic E-state index is 0.234. The molecular formula is C11H18BIO2. The Bertz CT molecular complexity index is 275. The van der Waals surface area contributed by atoms with E-state index in [2.05, 4.69) is 57.2 Å². The van der Waals surface area contributed by atoms with Crippen molar-refractivity contribution in [2.75, 3.05) is 0 Å². The monoisotopic (exact) mass is 320 g/mol. The van der Waals surface area contributed by atoms with Gasteiger partial charge in [-0.2, -0.15) is 0 Å². The molecule has 0 aromatic rings. The average Bonchev–Trinajstić information content (AvgIpc) is 2.19. The number of allylic oxidation sites excluding steroid dienone is 3. The Morgan fingerprint density at radius 2 is 1.60 bits per heavy atom. The summed E-state index contributed by atoms with van der Waals surface area (Å²) in [4.78, 5) is 0. The Kier molecular flexibility index (Phi) is 4.06. The van der Waals surface area contributed by atoms with Gasteiger partial charge in [-0.1, -0.05) is 18.1 Å². The second-order valence-corrected chi connectivity index (χ2v) is 6.46. The number of hydrogen-bond acceptors (Lipinski definition) is 2. The molecule has 0 spiro atoms. The molecule has 0 radical (unpaired) electrons. The average molecular weight is 320 g/mol. The van der Waals surface area contributed by atoms with Gasteiger partial charge in [-0.3, -0.25) is 0 Å². The number of halogens is 1. The minimum atomic E-state index is -0.245. The Labute approximate surface area is 106 Å². The first-order chi connectivity index (χ1) is 6.74. The first-order valence-corrected chi connectivity index (χ1v) is 6.19. The molecule has 1 rings (SSSR count). The van der Waals surface area contributed by atoms with Crippen molar-refractivity contribution in [1.82, 2.24) is 0 Å². The fourth-order valence-electron chi connectivity index (χ4n) is 1.25. The summed E-state index contributed by atoms with van der Waals surface area (Å²) in [7, 11) is -0.234. The fraction of sp³-hybridized carbons (Fsp3) is 0.636. The standard InChI is InChI=1S/C11H18BIO2/c1-9(13)7-6-8-12-14-10(2,3)11(4,5)15-12/h6-8H,1-5H3/b8-6+,9-7+. The first kappa shape index (κ1) is 13.3. The Morgan fingerprint density at radius 1 is 1.13 bits per heavy atom. The summed E-state index contributed by atoms with van der Waals surface area (Å²) in [6.07, 6.45) is 4.01. The third kappa shape index (κ3) is 3.33. The quantitative estimate of drug-likeness (QED) is 0.440. The molecule has 0 aliphatic carbocycles. The lowest BCUT2D eigenvalue weighted by Gasteiger charge is -2.32. The summed E-state index contributed by atoms with van der Waals surface area (Å²) in [5, 5.41) is 0. The molecule has 0 unspecified atom stereocenters. The van der Waals surface area contributed by atoms with E-state index in [0.717, 1.165) is 0 Å². The lowest BCUT2D eigenvalue weighted by atomic mass is 9.90. The third-order valence-corrected chi connectivity index (χ3v) is 3.23. The van der Waals surface area contributed by atoms with Crippen LogP contribution in [0.5, 0.6) is 0 Å². The smallest absolute Gasteiger partial charge is 0.400 e. The zero-order valence-electron chi connectivity index (χ0n) is 10.0. The summed E-state index contributed by atoms with van der Waals surface area (Å²) < 4.78 is 12.8. The van der Waals surface area contributed by atoms with Crippen molar-refractivity contribution in [2.45, 2.75) is 45.8 Å². The topological polar surface area (TPSA) is 18.5 Å². The molecule has 4 heteroatoms. The molecule has 1 heterocycles. The fourth-order valence-corrected chi connectivity index (χ4v) is 1.45. The maximum Gasteiger partial charge on any atom is 0.487 e. The van der Waals surface area contributed by atoms with Crippen LogP contribution >= 0.6 is 22.6 Å². The lowest BCUT2D eigenvalue weighted by Crippen LogP contribution is -2.41. The van der Waals surface area contributed by atoms with E-state index in [9.17, 15) is 0 Å². The van der Waals surface area contributed by atoms with Crippen LogP contribution in [0.2, 0.25) is 0 Å². The van der Waals surface area contributed by atoms with Crippen molar-refractivity contribution in [3.8, 4) is 0 Å². The molecule has 1 fully saturated rings. The molecule has 0 amide bonds. The van der Waals surface area contributed by atoms with Gasteiger partial charge in [0.1, 0.15) is 0 Å². The molecule has 0 aromatic carbocycles. The van der Waals surface area contributed by atoms with Crippen LogP contribution in [0.3, 0.4) is 0 Å². The van der Waals surface area contributed by atoms with Gasteiger partial charge in [0.05, 0.1) is 11.2 Å². The van der Waals surface area contributed by atoms with Gasteiger partial charge < -0.3 is 9.31 Å². The van der Waals surface area contributed by atoms with Crippen molar-refractivity contribution in [3.63, 3.8) is 0 Å². The first-order valence-electron chi connectivity index (χ1n) is 5.11. The Hall–Kier alpha value is 0.195. The summed E-state index contributed by atoms with van der Waals surface area (Å²) in [6, 6.07) is 0. The van der Waals surface area contributed by atoms with E-state index in [-0.39, 0.29) is 18.3 Å². The zero-order chi connectivity index (χ0) is 11.7. The summed E-state index contributed by atoms with van der Waals surface area (Å²) >= 11 is 2.27. The predicted octanol–water partition coefficient (Wildman–Crippen LogP) is 3.51. The molecule has 15 heavy (non-hydrogen) atoms. The van der Waals surface area contributed by atoms with Crippen molar-refractivity contribution in [2.24, 2.45) is 0 Å². The van der Waals surface area contributed by atoms with Crippen molar-refractivity contribution >= 4 is 29.7 Å². The van der Waals surface area contributed by atoms with E-state index in [4.69, 9.17) is 9.31 Å². The highest BCUT2D eigenvalue weighted by Gasteiger charge is 2.49. The summed E-state index contributed by atoms with van der Waals surface area (Å²) in [5.74, 6) is 1.94. The van der Waals surface area contributed by atoms with Gasteiger partial charge in [0, 0.05) is 0 Å². The molecule has 2 nitrogen and oxygen atoms in total. The molecule has 0 N–H and O–H groups in total. The van der Waals surface area contributed by atoms with Gasteiger partial charge in [-0.05, 0) is 60.8 Å². The van der Waals surface area contributed by atoms with Crippen LogP contribution in [0, 0.1) is 0 Å². The van der Waals surface area contributed by atoms with E-state index < -0.39 is 0 Å². The zero-order valence-corrected chi connectivity index (χ0v) is 12.2. The van der Waals surface area contributed by atoms with Crippen LogP contribution < -0.4 is 0 Å². The number of rotatable bonds is 2. The van der Waals surface area contributed by atoms with Gasteiger partial charge >= 0.3 is 7.12 Å². The second kappa shape index (κ2) is 4.59. The van der Waals surface area contributed by atoms with E-state index in [1.54, 1.807) is 0 Å². The number of hydrogen-bond donors (Lipinski definition) is 0. The van der Waals surface area contributed by atoms with Gasteiger partial charge in [-0.15, -0.1) is 0 Å². The van der Waals surface area contributed by atoms with Crippen molar-refractivity contribution in [1.29, 1.82) is 0 Å². The van der Waals surface area contributed by atoms with E-state index in [1.807, 2.05) is 18.1 Å². The van der Waals surface area contributed by atoms with Crippen LogP contribution in [-0.2, 0) is 9.31 Å². The minimum Gasteiger partial charge on any atom is -0.400 e. The van der Waals surface area contributed by atoms with Gasteiger partial charge in [0.2, 0.25) is 0 Å². The maximum absolute atomic E-state index is 5.81. The molecule has 1 aliphatic heterocycles. The van der Waals surface area contributed by atoms with Crippen LogP contribution in [0.4, 0.5) is 0 Å². The van der Waals surface area contributed by atoms with E-state index in [0.29, 0.717) is 0 Å². The summed E-state index contributed by atoms with van der Waals surface area (Å²) in [5.41, 5.74) is -0.490. The van der Waals surface area contributed by atoms with Gasteiger partial charge in [-0.25, -0.2) is 0 Å². The summed E-state index contributed by atoms with van der Waals surface area (Å²) in [6.45, 7) is 10.3. The van der Waals surface area contributed by atoms with Crippen LogP contribution in [0.1, 0.15) is 34.6 Å². The molecule has 1 aliphatic rings. The molecule has 84 valence electrons. The molecule has 1 saturated heterocycles. The van der Waals surface area contributed by atoms with Crippen molar-refractivity contribution in [3.05, 3.63) is 21.7 Å². The van der Waals surface area contributed by atoms with Crippen LogP contribution in [0.15, 0.2) is 21.7 Å². The largest absolute Gasteiger partial charge is 0.487 e. The molecule has 0 saturated carbocycles. The highest BCUT2D eigenvalue weighted by Crippen LogP contribution is 2.36. The van der Waals surface area contributed by atoms with Gasteiger partial charge in [0.15, 0.2) is 0 Å². The maximum atomic E-state index is 5.81. The van der Waals surface area contributed by atoms with Crippen LogP contribution in [-0.4, -0.2) is 18.3 Å². The van der Waals surface area contributed by atoms with Crippen molar-refractivity contribution < 1.29 is 9.31 Å². The highest BCUT2D eigenvalue weighted by atomic mass is 127. The SMILES string of the molecule is C/C(I)=C\C=C\B1OC(C)(C)C(C)(C)O1. The van der Waals surface area contributed by atoms with Crippen LogP contribution in [0.25, 0.3) is 0 Å². The normalized spacial score (nSPS) is 25.2. The van der Waals surface area contributed by atoms with E-state index >= 15 is 0 Å². The molecule has 0 bridgehead atoms. The molecule has 0 atom stereocenters. The second-order valence-electron chi connectivity index (χ2n) is 4.76. The molecule has 0 aromatic heterocycles. The molecular weight excluding hydrogens is 302 g/mol. The third-order valence-electron chi connectivity index (χ3n) is 2.87. The van der Waals surface area contributed by atoms with Gasteiger partial charge in [0.25, 0.3) is 0 Å².